The SMILES string of the molecule is COc1cc(C=NNc2ccc([N+](=O)[O-])cc2[N+](=O)[O-])ccc1OC(=O)c1ccco1. The molecule has 0 aliphatic rings. The van der Waals surface area contributed by atoms with Crippen LogP contribution in [0.1, 0.15) is 16.1 Å². The lowest BCUT2D eigenvalue weighted by Crippen LogP contribution is -2.08. The van der Waals surface area contributed by atoms with Gasteiger partial charge in [0.2, 0.25) is 5.76 Å². The molecule has 0 aliphatic heterocycles. The van der Waals surface area contributed by atoms with Crippen molar-refractivity contribution in [1.82, 2.24) is 0 Å². The Labute approximate surface area is 174 Å². The molecule has 0 bridgehead atoms. The van der Waals surface area contributed by atoms with E-state index < -0.39 is 27.2 Å². The van der Waals surface area contributed by atoms with Crippen LogP contribution in [0.5, 0.6) is 11.5 Å². The third-order valence-corrected chi connectivity index (χ3v) is 3.90. The van der Waals surface area contributed by atoms with Gasteiger partial charge < -0.3 is 13.9 Å². The second kappa shape index (κ2) is 9.17. The number of nitrogens with one attached hydrogen (secondary N) is 1. The van der Waals surface area contributed by atoms with Crippen molar-refractivity contribution in [2.75, 3.05) is 12.5 Å². The molecule has 2 aromatic carbocycles. The summed E-state index contributed by atoms with van der Waals surface area (Å²) in [6.45, 7) is 0. The van der Waals surface area contributed by atoms with E-state index in [0.29, 0.717) is 5.56 Å². The number of rotatable bonds is 8. The van der Waals surface area contributed by atoms with Gasteiger partial charge in [0.25, 0.3) is 5.69 Å². The molecular weight excluding hydrogens is 412 g/mol. The van der Waals surface area contributed by atoms with Crippen LogP contribution < -0.4 is 14.9 Å². The van der Waals surface area contributed by atoms with Crippen LogP contribution in [0.3, 0.4) is 0 Å². The Morgan fingerprint density at radius 1 is 1.10 bits per heavy atom. The number of nitro groups is 2. The lowest BCUT2D eigenvalue weighted by atomic mass is 10.2. The van der Waals surface area contributed by atoms with Crippen LogP contribution in [0.15, 0.2) is 64.3 Å². The molecule has 0 unspecified atom stereocenters. The molecule has 1 heterocycles. The lowest BCUT2D eigenvalue weighted by molar-refractivity contribution is -0.393. The molecule has 12 heteroatoms. The molecule has 158 valence electrons. The topological polar surface area (TPSA) is 159 Å². The molecule has 12 nitrogen and oxygen atoms in total. The number of ether oxygens (including phenoxy) is 2. The zero-order valence-electron chi connectivity index (χ0n) is 15.9. The highest BCUT2D eigenvalue weighted by Crippen LogP contribution is 2.30. The zero-order valence-corrected chi connectivity index (χ0v) is 15.9. The lowest BCUT2D eigenvalue weighted by Gasteiger charge is -2.09. The van der Waals surface area contributed by atoms with Gasteiger partial charge in [-0.15, -0.1) is 0 Å². The van der Waals surface area contributed by atoms with Crippen molar-refractivity contribution in [3.8, 4) is 11.5 Å². The van der Waals surface area contributed by atoms with Crippen molar-refractivity contribution in [3.63, 3.8) is 0 Å². The van der Waals surface area contributed by atoms with Crippen LogP contribution in [0.4, 0.5) is 17.1 Å². The summed E-state index contributed by atoms with van der Waals surface area (Å²) in [5.41, 5.74) is 2.07. The molecule has 3 aromatic rings. The minimum Gasteiger partial charge on any atom is -0.493 e. The van der Waals surface area contributed by atoms with Gasteiger partial charge in [-0.05, 0) is 42.0 Å². The monoisotopic (exact) mass is 426 g/mol. The highest BCUT2D eigenvalue weighted by Gasteiger charge is 2.19. The number of anilines is 1. The average Bonchev–Trinajstić information content (AvgIpc) is 3.29. The van der Waals surface area contributed by atoms with Gasteiger partial charge in [-0.3, -0.25) is 25.7 Å². The number of hydrazone groups is 1. The number of methoxy groups -OCH3 is 1. The summed E-state index contributed by atoms with van der Waals surface area (Å²) >= 11 is 0. The van der Waals surface area contributed by atoms with Crippen molar-refractivity contribution in [2.24, 2.45) is 5.10 Å². The predicted octanol–water partition coefficient (Wildman–Crippen LogP) is 3.77. The highest BCUT2D eigenvalue weighted by molar-refractivity contribution is 5.89. The van der Waals surface area contributed by atoms with E-state index in [9.17, 15) is 25.0 Å². The van der Waals surface area contributed by atoms with Crippen LogP contribution in [-0.2, 0) is 0 Å². The standard InChI is InChI=1S/C19H14N4O8/c1-29-18-9-12(4-7-16(18)31-19(24)17-3-2-8-30-17)11-20-21-14-6-5-13(22(25)26)10-15(14)23(27)28/h2-11,21H,1H3. The van der Waals surface area contributed by atoms with Crippen LogP contribution in [-0.4, -0.2) is 29.1 Å². The Hall–Kier alpha value is -4.74. The first-order valence-electron chi connectivity index (χ1n) is 8.54. The summed E-state index contributed by atoms with van der Waals surface area (Å²) < 4.78 is 15.4. The first kappa shape index (κ1) is 21.0. The van der Waals surface area contributed by atoms with E-state index >= 15 is 0 Å². The minimum absolute atomic E-state index is 0.0252. The fourth-order valence-electron chi connectivity index (χ4n) is 2.45. The van der Waals surface area contributed by atoms with Gasteiger partial charge in [0, 0.05) is 6.07 Å². The number of furan rings is 1. The maximum atomic E-state index is 12.0. The fourth-order valence-corrected chi connectivity index (χ4v) is 2.45. The van der Waals surface area contributed by atoms with Crippen LogP contribution in [0.2, 0.25) is 0 Å². The van der Waals surface area contributed by atoms with Crippen molar-refractivity contribution >= 4 is 29.2 Å². The Balaban J connectivity index is 1.75. The van der Waals surface area contributed by atoms with Crippen molar-refractivity contribution < 1.29 is 28.5 Å². The maximum absolute atomic E-state index is 12.0. The molecule has 1 N–H and O–H groups in total. The molecule has 0 radical (unpaired) electrons. The maximum Gasteiger partial charge on any atom is 0.379 e. The van der Waals surface area contributed by atoms with Crippen LogP contribution >= 0.6 is 0 Å². The largest absolute Gasteiger partial charge is 0.493 e. The second-order valence-corrected chi connectivity index (χ2v) is 5.86. The van der Waals surface area contributed by atoms with E-state index in [0.717, 1.165) is 12.1 Å². The Morgan fingerprint density at radius 3 is 2.55 bits per heavy atom. The first-order chi connectivity index (χ1) is 14.9. The summed E-state index contributed by atoms with van der Waals surface area (Å²) in [6, 6.07) is 10.7. The van der Waals surface area contributed by atoms with Crippen LogP contribution in [0.25, 0.3) is 0 Å². The summed E-state index contributed by atoms with van der Waals surface area (Å²) in [5, 5.41) is 25.9. The third-order valence-electron chi connectivity index (χ3n) is 3.90. The highest BCUT2D eigenvalue weighted by atomic mass is 16.6. The molecule has 3 rings (SSSR count). The molecule has 0 saturated heterocycles. The van der Waals surface area contributed by atoms with E-state index in [1.807, 2.05) is 0 Å². The Kier molecular flexibility index (Phi) is 6.21. The van der Waals surface area contributed by atoms with E-state index in [1.54, 1.807) is 12.1 Å². The minimum atomic E-state index is -0.754. The summed E-state index contributed by atoms with van der Waals surface area (Å²) in [4.78, 5) is 32.5. The number of esters is 1. The third kappa shape index (κ3) is 5.00. The van der Waals surface area contributed by atoms with Gasteiger partial charge >= 0.3 is 11.7 Å². The molecule has 1 aromatic heterocycles. The van der Waals surface area contributed by atoms with Crippen molar-refractivity contribution in [2.45, 2.75) is 0 Å². The normalized spacial score (nSPS) is 10.6. The molecule has 0 saturated carbocycles. The van der Waals surface area contributed by atoms with Gasteiger partial charge in [0.05, 0.1) is 35.5 Å². The Bertz CT molecular complexity index is 1160. The summed E-state index contributed by atoms with van der Waals surface area (Å²) in [6.07, 6.45) is 2.68. The van der Waals surface area contributed by atoms with Gasteiger partial charge in [-0.25, -0.2) is 4.79 Å². The van der Waals surface area contributed by atoms with Gasteiger partial charge in [-0.1, -0.05) is 0 Å². The summed E-state index contributed by atoms with van der Waals surface area (Å²) in [7, 11) is 1.39. The van der Waals surface area contributed by atoms with Crippen molar-refractivity contribution in [1.29, 1.82) is 0 Å². The van der Waals surface area contributed by atoms with E-state index in [2.05, 4.69) is 10.5 Å². The molecule has 0 atom stereocenters. The molecule has 0 amide bonds. The number of hydrogen-bond donors (Lipinski definition) is 1. The van der Waals surface area contributed by atoms with Crippen LogP contribution in [0, 0.1) is 20.2 Å². The fraction of sp³-hybridized carbons (Fsp3) is 0.0526. The smallest absolute Gasteiger partial charge is 0.379 e. The number of hydrogen-bond acceptors (Lipinski definition) is 10. The quantitative estimate of drug-likeness (QED) is 0.186. The molecule has 31 heavy (non-hydrogen) atoms. The average molecular weight is 426 g/mol. The zero-order chi connectivity index (χ0) is 22.4. The number of carbonyl (C=O) groups excluding carboxylic acids is 1. The van der Waals surface area contributed by atoms with Crippen molar-refractivity contribution in [3.05, 3.63) is 86.3 Å². The number of non-ortho nitro benzene ring substituents is 1. The molecule has 0 spiro atoms. The molecular formula is C19H14N4O8. The first-order valence-corrected chi connectivity index (χ1v) is 8.54. The predicted molar refractivity (Wildman–Crippen MR) is 108 cm³/mol. The van der Waals surface area contributed by atoms with Gasteiger partial charge in [0.15, 0.2) is 11.5 Å². The number of nitro benzene ring substituents is 2. The van der Waals surface area contributed by atoms with E-state index in [1.165, 1.54) is 43.9 Å². The summed E-state index contributed by atoms with van der Waals surface area (Å²) in [5.74, 6) is -0.274. The second-order valence-electron chi connectivity index (χ2n) is 5.86. The Morgan fingerprint density at radius 2 is 1.90 bits per heavy atom. The number of benzene rings is 2. The molecule has 0 aliphatic carbocycles. The van der Waals surface area contributed by atoms with Gasteiger partial charge in [-0.2, -0.15) is 5.10 Å². The number of nitrogens with zero attached hydrogens (tertiary/aromatic N) is 3. The van der Waals surface area contributed by atoms with E-state index in [-0.39, 0.29) is 22.9 Å². The van der Waals surface area contributed by atoms with E-state index in [4.69, 9.17) is 13.9 Å². The number of carbonyl (C=O) groups is 1. The van der Waals surface area contributed by atoms with Gasteiger partial charge in [0.1, 0.15) is 5.69 Å². The molecule has 0 fully saturated rings.